The van der Waals surface area contributed by atoms with Gasteiger partial charge in [-0.3, -0.25) is 19.4 Å². The number of imide groups is 1. The first-order chi connectivity index (χ1) is 21.8. The molecule has 5 N–H and O–H groups in total. The van der Waals surface area contributed by atoms with Crippen molar-refractivity contribution in [2.24, 2.45) is 16.5 Å². The normalized spacial score (nSPS) is 18.7. The van der Waals surface area contributed by atoms with Crippen molar-refractivity contribution in [3.63, 3.8) is 0 Å². The topological polar surface area (TPSA) is 179 Å². The van der Waals surface area contributed by atoms with Crippen LogP contribution in [-0.2, 0) is 35.2 Å². The number of benzene rings is 1. The van der Waals surface area contributed by atoms with Crippen molar-refractivity contribution >= 4 is 29.8 Å². The van der Waals surface area contributed by atoms with E-state index in [0.717, 1.165) is 36.1 Å². The average molecular weight is 631 g/mol. The van der Waals surface area contributed by atoms with E-state index in [0.29, 0.717) is 52.0 Å². The smallest absolute Gasteiger partial charge is 0.417 e. The van der Waals surface area contributed by atoms with E-state index >= 15 is 0 Å². The third-order valence-corrected chi connectivity index (χ3v) is 7.92. The summed E-state index contributed by atoms with van der Waals surface area (Å²) in [4.78, 5) is 59.7. The molecule has 2 aliphatic heterocycles. The third kappa shape index (κ3) is 11.0. The van der Waals surface area contributed by atoms with Crippen LogP contribution in [0.4, 0.5) is 4.79 Å². The van der Waals surface area contributed by atoms with Crippen molar-refractivity contribution in [1.82, 2.24) is 15.1 Å². The van der Waals surface area contributed by atoms with E-state index in [1.807, 2.05) is 18.2 Å². The number of carbonyl (C=O) groups excluding carboxylic acids is 4. The number of nitrogens with zero attached hydrogens (tertiary/aromatic N) is 3. The number of nitrogens with one attached hydrogen (secondary N) is 1. The van der Waals surface area contributed by atoms with Crippen molar-refractivity contribution < 1.29 is 33.4 Å². The fraction of sp³-hybridized carbons (Fsp3) is 0.656. The van der Waals surface area contributed by atoms with Gasteiger partial charge in [0, 0.05) is 32.7 Å². The molecule has 0 unspecified atom stereocenters. The highest BCUT2D eigenvalue weighted by Gasteiger charge is 2.46. The fourth-order valence-corrected chi connectivity index (χ4v) is 5.47. The van der Waals surface area contributed by atoms with Crippen molar-refractivity contribution in [2.45, 2.75) is 109 Å². The van der Waals surface area contributed by atoms with Gasteiger partial charge in [0.15, 0.2) is 12.2 Å². The molecule has 0 spiro atoms. The molecule has 2 fully saturated rings. The summed E-state index contributed by atoms with van der Waals surface area (Å²) in [7, 11) is 0. The number of ether oxygens (including phenoxy) is 3. The maximum atomic E-state index is 13.8. The molecule has 0 saturated carbocycles. The lowest BCUT2D eigenvalue weighted by Gasteiger charge is -2.32. The van der Waals surface area contributed by atoms with Gasteiger partial charge in [-0.25, -0.2) is 9.69 Å². The highest BCUT2D eigenvalue weighted by atomic mass is 16.7. The molecule has 45 heavy (non-hydrogen) atoms. The molecule has 3 rings (SSSR count). The summed E-state index contributed by atoms with van der Waals surface area (Å²) >= 11 is 0. The SMILES string of the molecule is CCCCOC(OCCCC)[C@H](CCCN=C(N)N)NC(=O)[C@@H]1CCCN1C(=O)[C@@H]1CCC(=O)N1C(=O)OCc1ccccc1. The van der Waals surface area contributed by atoms with E-state index in [1.165, 1.54) is 4.90 Å². The van der Waals surface area contributed by atoms with Crippen LogP contribution in [0.2, 0.25) is 0 Å². The van der Waals surface area contributed by atoms with Crippen molar-refractivity contribution in [1.29, 1.82) is 0 Å². The van der Waals surface area contributed by atoms with Crippen LogP contribution in [0.25, 0.3) is 0 Å². The molecule has 13 nitrogen and oxygen atoms in total. The van der Waals surface area contributed by atoms with E-state index in [9.17, 15) is 19.2 Å². The molecule has 0 radical (unpaired) electrons. The summed E-state index contributed by atoms with van der Waals surface area (Å²) in [6, 6.07) is 6.81. The van der Waals surface area contributed by atoms with Crippen LogP contribution < -0.4 is 16.8 Å². The molecule has 250 valence electrons. The zero-order valence-electron chi connectivity index (χ0n) is 26.7. The zero-order chi connectivity index (χ0) is 32.6. The molecule has 1 aromatic carbocycles. The summed E-state index contributed by atoms with van der Waals surface area (Å²) in [5.41, 5.74) is 11.7. The second-order valence-electron chi connectivity index (χ2n) is 11.4. The Bertz CT molecular complexity index is 1120. The monoisotopic (exact) mass is 630 g/mol. The van der Waals surface area contributed by atoms with Crippen molar-refractivity contribution in [3.05, 3.63) is 35.9 Å². The number of guanidine groups is 1. The highest BCUT2D eigenvalue weighted by Crippen LogP contribution is 2.27. The van der Waals surface area contributed by atoms with Gasteiger partial charge in [0.2, 0.25) is 17.7 Å². The second-order valence-corrected chi connectivity index (χ2v) is 11.4. The molecular formula is C32H50N6O7. The number of nitrogens with two attached hydrogens (primary N) is 2. The van der Waals surface area contributed by atoms with Crippen LogP contribution in [0.5, 0.6) is 0 Å². The van der Waals surface area contributed by atoms with Crippen LogP contribution in [0.3, 0.4) is 0 Å². The minimum atomic E-state index is -1.02. The minimum Gasteiger partial charge on any atom is -0.444 e. The van der Waals surface area contributed by atoms with Gasteiger partial charge in [-0.05, 0) is 50.5 Å². The Balaban J connectivity index is 1.71. The van der Waals surface area contributed by atoms with Crippen LogP contribution in [0.15, 0.2) is 35.3 Å². The van der Waals surface area contributed by atoms with Gasteiger partial charge in [-0.1, -0.05) is 57.0 Å². The summed E-state index contributed by atoms with van der Waals surface area (Å²) in [6.45, 7) is 5.79. The molecule has 1 aromatic rings. The molecule has 3 atom stereocenters. The van der Waals surface area contributed by atoms with Crippen molar-refractivity contribution in [3.8, 4) is 0 Å². The quantitative estimate of drug-likeness (QED) is 0.0952. The first-order valence-corrected chi connectivity index (χ1v) is 16.2. The number of amides is 4. The minimum absolute atomic E-state index is 0.00553. The largest absolute Gasteiger partial charge is 0.444 e. The average Bonchev–Trinajstić information content (AvgIpc) is 3.68. The van der Waals surface area contributed by atoms with Gasteiger partial charge in [0.1, 0.15) is 18.7 Å². The van der Waals surface area contributed by atoms with E-state index < -0.39 is 42.3 Å². The van der Waals surface area contributed by atoms with Crippen LogP contribution in [0.1, 0.15) is 83.6 Å². The molecule has 4 amide bonds. The summed E-state index contributed by atoms with van der Waals surface area (Å²) in [5.74, 6) is -1.24. The van der Waals surface area contributed by atoms with Gasteiger partial charge in [0.05, 0.1) is 6.04 Å². The molecule has 2 saturated heterocycles. The molecule has 2 heterocycles. The predicted molar refractivity (Wildman–Crippen MR) is 169 cm³/mol. The number of hydrogen-bond acceptors (Lipinski definition) is 8. The lowest BCUT2D eigenvalue weighted by atomic mass is 10.1. The molecule has 13 heteroatoms. The Hall–Kier alpha value is -3.71. The Kier molecular flexibility index (Phi) is 15.1. The van der Waals surface area contributed by atoms with Crippen molar-refractivity contribution in [2.75, 3.05) is 26.3 Å². The maximum Gasteiger partial charge on any atom is 0.417 e. The first kappa shape index (κ1) is 35.8. The predicted octanol–water partition coefficient (Wildman–Crippen LogP) is 2.80. The molecule has 0 aliphatic carbocycles. The number of rotatable bonds is 18. The number of hydrogen-bond donors (Lipinski definition) is 3. The van der Waals surface area contributed by atoms with E-state index in [2.05, 4.69) is 24.2 Å². The fourth-order valence-electron chi connectivity index (χ4n) is 5.47. The van der Waals surface area contributed by atoms with E-state index in [-0.39, 0.29) is 31.3 Å². The lowest BCUT2D eigenvalue weighted by Crippen LogP contribution is -2.56. The van der Waals surface area contributed by atoms with Gasteiger partial charge in [-0.2, -0.15) is 0 Å². The number of carbonyl (C=O) groups is 4. The van der Waals surface area contributed by atoms with E-state index in [4.69, 9.17) is 25.7 Å². The highest BCUT2D eigenvalue weighted by molar-refractivity contribution is 6.01. The standard InChI is InChI=1S/C32H50N6O7/c1-3-5-20-43-30(44-21-6-4-2)24(14-10-18-35-31(33)34)36-28(40)25-15-11-19-37(25)29(41)26-16-17-27(39)38(26)32(42)45-22-23-12-8-7-9-13-23/h7-9,12-13,24-26,30H,3-6,10-11,14-22H2,1-2H3,(H,36,40)(H4,33,34,35)/t24-,25-,26-/m0/s1. The summed E-state index contributed by atoms with van der Waals surface area (Å²) in [5, 5.41) is 3.09. The van der Waals surface area contributed by atoms with Crippen LogP contribution >= 0.6 is 0 Å². The van der Waals surface area contributed by atoms with Gasteiger partial charge in [0.25, 0.3) is 0 Å². The molecule has 2 aliphatic rings. The Morgan fingerprint density at radius 3 is 2.33 bits per heavy atom. The van der Waals surface area contributed by atoms with Gasteiger partial charge in [-0.15, -0.1) is 0 Å². The molecule has 0 bridgehead atoms. The number of likely N-dealkylation sites (tertiary alicyclic amines) is 2. The van der Waals surface area contributed by atoms with Crippen LogP contribution in [-0.4, -0.2) is 90.3 Å². The summed E-state index contributed by atoms with van der Waals surface area (Å²) < 4.78 is 17.6. The zero-order valence-corrected chi connectivity index (χ0v) is 26.7. The third-order valence-electron chi connectivity index (χ3n) is 7.92. The summed E-state index contributed by atoms with van der Waals surface area (Å²) in [6.07, 6.45) is 4.39. The van der Waals surface area contributed by atoms with Gasteiger partial charge < -0.3 is 35.9 Å². The number of unbranched alkanes of at least 4 members (excludes halogenated alkanes) is 2. The second kappa shape index (κ2) is 18.9. The Morgan fingerprint density at radius 1 is 1.00 bits per heavy atom. The van der Waals surface area contributed by atoms with E-state index in [1.54, 1.807) is 12.1 Å². The molecule has 0 aromatic heterocycles. The lowest BCUT2D eigenvalue weighted by molar-refractivity contribution is -0.166. The number of aliphatic imine (C=N–C) groups is 1. The Labute approximate surface area is 266 Å². The van der Waals surface area contributed by atoms with Gasteiger partial charge >= 0.3 is 6.09 Å². The Morgan fingerprint density at radius 2 is 1.69 bits per heavy atom. The first-order valence-electron chi connectivity index (χ1n) is 16.2. The molecular weight excluding hydrogens is 580 g/mol. The van der Waals surface area contributed by atoms with Crippen LogP contribution in [0, 0.1) is 0 Å². The maximum absolute atomic E-state index is 13.8.